The summed E-state index contributed by atoms with van der Waals surface area (Å²) in [5, 5.41) is 3.66. The van der Waals surface area contributed by atoms with Crippen molar-refractivity contribution in [1.29, 1.82) is 0 Å². The van der Waals surface area contributed by atoms with E-state index < -0.39 is 0 Å². The van der Waals surface area contributed by atoms with Crippen molar-refractivity contribution >= 4 is 0 Å². The molecule has 0 aliphatic carbocycles. The lowest BCUT2D eigenvalue weighted by atomic mass is 9.91. The summed E-state index contributed by atoms with van der Waals surface area (Å²) in [5.74, 6) is 0.541. The predicted molar refractivity (Wildman–Crippen MR) is 77.6 cm³/mol. The van der Waals surface area contributed by atoms with Gasteiger partial charge in [0.2, 0.25) is 0 Å². The maximum Gasteiger partial charge on any atom is 0.123 e. The molecule has 3 atom stereocenters. The number of piperidine rings is 1. The van der Waals surface area contributed by atoms with Crippen molar-refractivity contribution in [1.82, 2.24) is 10.2 Å². The van der Waals surface area contributed by atoms with Crippen LogP contribution in [-0.2, 0) is 0 Å². The molecule has 1 saturated heterocycles. The van der Waals surface area contributed by atoms with E-state index in [1.54, 1.807) is 0 Å². The SMILES string of the molecule is CC(N[C@@H](C)c1ccc(F)cc1)C1CCCN(C)C1. The molecule has 0 amide bonds. The maximum absolute atomic E-state index is 12.9. The van der Waals surface area contributed by atoms with Gasteiger partial charge in [-0.2, -0.15) is 0 Å². The third-order valence-electron chi connectivity index (χ3n) is 4.25. The topological polar surface area (TPSA) is 15.3 Å². The molecule has 1 aliphatic heterocycles. The van der Waals surface area contributed by atoms with Crippen LogP contribution in [0.15, 0.2) is 24.3 Å². The van der Waals surface area contributed by atoms with Crippen LogP contribution in [0.5, 0.6) is 0 Å². The molecule has 2 nitrogen and oxygen atoms in total. The number of hydrogen-bond donors (Lipinski definition) is 1. The molecule has 3 heteroatoms. The fourth-order valence-electron chi connectivity index (χ4n) is 2.99. The first-order valence-corrected chi connectivity index (χ1v) is 7.26. The van der Waals surface area contributed by atoms with Gasteiger partial charge >= 0.3 is 0 Å². The summed E-state index contributed by atoms with van der Waals surface area (Å²) in [5.41, 5.74) is 1.15. The van der Waals surface area contributed by atoms with Crippen molar-refractivity contribution in [3.8, 4) is 0 Å². The van der Waals surface area contributed by atoms with Gasteiger partial charge in [0, 0.05) is 18.6 Å². The van der Waals surface area contributed by atoms with Gasteiger partial charge in [-0.05, 0) is 63.9 Å². The highest BCUT2D eigenvalue weighted by molar-refractivity contribution is 5.19. The van der Waals surface area contributed by atoms with E-state index in [-0.39, 0.29) is 11.9 Å². The van der Waals surface area contributed by atoms with Gasteiger partial charge in [0.05, 0.1) is 0 Å². The van der Waals surface area contributed by atoms with Gasteiger partial charge in [-0.25, -0.2) is 4.39 Å². The lowest BCUT2D eigenvalue weighted by Gasteiger charge is -2.35. The fraction of sp³-hybridized carbons (Fsp3) is 0.625. The molecule has 0 bridgehead atoms. The first-order chi connectivity index (χ1) is 9.06. The molecule has 1 aromatic rings. The summed E-state index contributed by atoms with van der Waals surface area (Å²) in [6.07, 6.45) is 2.59. The Bertz CT molecular complexity index is 390. The van der Waals surface area contributed by atoms with Crippen molar-refractivity contribution in [2.24, 2.45) is 5.92 Å². The Labute approximate surface area is 116 Å². The Hall–Kier alpha value is -0.930. The summed E-state index contributed by atoms with van der Waals surface area (Å²) >= 11 is 0. The smallest absolute Gasteiger partial charge is 0.123 e. The van der Waals surface area contributed by atoms with E-state index in [4.69, 9.17) is 0 Å². The molecule has 1 aromatic carbocycles. The Morgan fingerprint density at radius 1 is 1.26 bits per heavy atom. The lowest BCUT2D eigenvalue weighted by molar-refractivity contribution is 0.174. The van der Waals surface area contributed by atoms with E-state index in [1.807, 2.05) is 12.1 Å². The summed E-state index contributed by atoms with van der Waals surface area (Å²) in [7, 11) is 2.20. The first kappa shape index (κ1) is 14.5. The molecule has 0 aromatic heterocycles. The van der Waals surface area contributed by atoms with E-state index in [2.05, 4.69) is 31.1 Å². The van der Waals surface area contributed by atoms with Crippen LogP contribution in [0.1, 0.15) is 38.3 Å². The van der Waals surface area contributed by atoms with Crippen molar-refractivity contribution in [3.05, 3.63) is 35.6 Å². The number of hydrogen-bond acceptors (Lipinski definition) is 2. The Kier molecular flexibility index (Phi) is 4.94. The molecule has 106 valence electrons. The molecular formula is C16H25FN2. The van der Waals surface area contributed by atoms with Crippen LogP contribution < -0.4 is 5.32 Å². The van der Waals surface area contributed by atoms with Crippen molar-refractivity contribution in [3.63, 3.8) is 0 Å². The van der Waals surface area contributed by atoms with E-state index >= 15 is 0 Å². The number of nitrogens with zero attached hydrogens (tertiary/aromatic N) is 1. The second-order valence-corrected chi connectivity index (χ2v) is 5.89. The zero-order chi connectivity index (χ0) is 13.8. The molecule has 2 rings (SSSR count). The minimum Gasteiger partial charge on any atom is -0.307 e. The molecule has 1 fully saturated rings. The molecule has 1 aliphatic rings. The predicted octanol–water partition coefficient (Wildman–Crippen LogP) is 3.21. The molecule has 0 radical (unpaired) electrons. The third kappa shape index (κ3) is 4.02. The van der Waals surface area contributed by atoms with Crippen LogP contribution in [0.25, 0.3) is 0 Å². The highest BCUT2D eigenvalue weighted by Crippen LogP contribution is 2.21. The molecular weight excluding hydrogens is 239 g/mol. The number of rotatable bonds is 4. The molecule has 2 unspecified atom stereocenters. The number of halogens is 1. The van der Waals surface area contributed by atoms with Gasteiger partial charge in [-0.1, -0.05) is 12.1 Å². The Balaban J connectivity index is 1.90. The monoisotopic (exact) mass is 264 g/mol. The summed E-state index contributed by atoms with van der Waals surface area (Å²) in [4.78, 5) is 2.41. The maximum atomic E-state index is 12.9. The van der Waals surface area contributed by atoms with Crippen LogP contribution in [0, 0.1) is 11.7 Å². The van der Waals surface area contributed by atoms with E-state index in [0.717, 1.165) is 5.56 Å². The Morgan fingerprint density at radius 2 is 1.95 bits per heavy atom. The minimum atomic E-state index is -0.169. The summed E-state index contributed by atoms with van der Waals surface area (Å²) in [6.45, 7) is 6.81. The normalized spacial score (nSPS) is 24.1. The van der Waals surface area contributed by atoms with Crippen LogP contribution in [0.2, 0.25) is 0 Å². The van der Waals surface area contributed by atoms with Crippen LogP contribution >= 0.6 is 0 Å². The standard InChI is InChI=1S/C16H25FN2/c1-12(14-6-8-16(17)9-7-14)18-13(2)15-5-4-10-19(3)11-15/h6-9,12-13,15,18H,4-5,10-11H2,1-3H3/t12-,13?,15?/m0/s1. The Morgan fingerprint density at radius 3 is 2.58 bits per heavy atom. The van der Waals surface area contributed by atoms with Gasteiger partial charge in [0.1, 0.15) is 5.82 Å². The molecule has 0 saturated carbocycles. The van der Waals surface area contributed by atoms with E-state index in [0.29, 0.717) is 12.0 Å². The van der Waals surface area contributed by atoms with Crippen molar-refractivity contribution < 1.29 is 4.39 Å². The average molecular weight is 264 g/mol. The van der Waals surface area contributed by atoms with Crippen LogP contribution in [-0.4, -0.2) is 31.1 Å². The van der Waals surface area contributed by atoms with Crippen LogP contribution in [0.3, 0.4) is 0 Å². The number of benzene rings is 1. The fourth-order valence-corrected chi connectivity index (χ4v) is 2.99. The highest BCUT2D eigenvalue weighted by Gasteiger charge is 2.23. The third-order valence-corrected chi connectivity index (χ3v) is 4.25. The van der Waals surface area contributed by atoms with Crippen LogP contribution in [0.4, 0.5) is 4.39 Å². The largest absolute Gasteiger partial charge is 0.307 e. The van der Waals surface area contributed by atoms with Gasteiger partial charge < -0.3 is 10.2 Å². The average Bonchev–Trinajstić information content (AvgIpc) is 2.39. The second kappa shape index (κ2) is 6.49. The number of likely N-dealkylation sites (tertiary alicyclic amines) is 1. The van der Waals surface area contributed by atoms with Crippen molar-refractivity contribution in [2.75, 3.05) is 20.1 Å². The van der Waals surface area contributed by atoms with Gasteiger partial charge in [-0.15, -0.1) is 0 Å². The van der Waals surface area contributed by atoms with Crippen molar-refractivity contribution in [2.45, 2.75) is 38.8 Å². The highest BCUT2D eigenvalue weighted by atomic mass is 19.1. The quantitative estimate of drug-likeness (QED) is 0.898. The zero-order valence-corrected chi connectivity index (χ0v) is 12.2. The second-order valence-electron chi connectivity index (χ2n) is 5.89. The summed E-state index contributed by atoms with van der Waals surface area (Å²) in [6, 6.07) is 7.56. The van der Waals surface area contributed by atoms with Gasteiger partial charge in [0.25, 0.3) is 0 Å². The van der Waals surface area contributed by atoms with Gasteiger partial charge in [0.15, 0.2) is 0 Å². The molecule has 1 N–H and O–H groups in total. The lowest BCUT2D eigenvalue weighted by Crippen LogP contribution is -2.43. The van der Waals surface area contributed by atoms with Gasteiger partial charge in [-0.3, -0.25) is 0 Å². The molecule has 1 heterocycles. The summed E-state index contributed by atoms with van der Waals surface area (Å²) < 4.78 is 12.9. The minimum absolute atomic E-state index is 0.169. The molecule has 0 spiro atoms. The van der Waals surface area contributed by atoms with E-state index in [1.165, 1.54) is 38.1 Å². The van der Waals surface area contributed by atoms with E-state index in [9.17, 15) is 4.39 Å². The first-order valence-electron chi connectivity index (χ1n) is 7.26. The zero-order valence-electron chi connectivity index (χ0n) is 12.2. The molecule has 19 heavy (non-hydrogen) atoms. The number of nitrogens with one attached hydrogen (secondary N) is 1.